The smallest absolute Gasteiger partial charge is 0.289 e. The van der Waals surface area contributed by atoms with Crippen LogP contribution in [0.1, 0.15) is 54.9 Å². The maximum atomic E-state index is 14.2. The topological polar surface area (TPSA) is 34.1 Å². The Bertz CT molecular complexity index is 2970. The minimum atomic E-state index is -6.13. The molecule has 0 unspecified atom stereocenters. The van der Waals surface area contributed by atoms with Crippen molar-refractivity contribution < 1.29 is 114 Å². The van der Waals surface area contributed by atoms with Crippen LogP contribution in [0.3, 0.4) is 0 Å². The highest BCUT2D eigenvalue weighted by molar-refractivity contribution is 8.02. The zero-order valence-corrected chi connectivity index (χ0v) is 39.5. The van der Waals surface area contributed by atoms with E-state index in [-0.39, 0.29) is 11.5 Å². The Morgan fingerprint density at radius 3 is 0.744 bits per heavy atom. The van der Waals surface area contributed by atoms with E-state index in [0.717, 1.165) is 21.5 Å². The third-order valence-electron chi connectivity index (χ3n) is 12.0. The first-order valence-corrected chi connectivity index (χ1v) is 24.0. The molecular weight excluding hydrogens is 1130 g/mol. The molecule has 0 radical (unpaired) electrons. The van der Waals surface area contributed by atoms with E-state index in [1.165, 1.54) is 0 Å². The second-order valence-corrected chi connectivity index (χ2v) is 21.1. The number of fused-ring (bicyclic) bond motifs is 2. The van der Waals surface area contributed by atoms with Gasteiger partial charge < -0.3 is 0 Å². The number of ketones is 1. The molecule has 28 heteroatoms. The van der Waals surface area contributed by atoms with E-state index in [4.69, 9.17) is 0 Å². The fourth-order valence-electron chi connectivity index (χ4n) is 8.77. The van der Waals surface area contributed by atoms with E-state index in [9.17, 15) is 114 Å². The first kappa shape index (κ1) is 60.5. The average Bonchev–Trinajstić information content (AvgIpc) is 3.28. The van der Waals surface area contributed by atoms with Gasteiger partial charge in [-0.2, -0.15) is 127 Å². The zero-order valence-electron chi connectivity index (χ0n) is 38.7. The van der Waals surface area contributed by atoms with Crippen molar-refractivity contribution in [1.82, 2.24) is 0 Å². The third-order valence-corrected chi connectivity index (χ3v) is 12.9. The predicted molar refractivity (Wildman–Crippen MR) is 241 cm³/mol. The molecule has 0 heterocycles. The van der Waals surface area contributed by atoms with E-state index < -0.39 is 205 Å². The molecule has 0 atom stereocenters. The van der Waals surface area contributed by atoms with Gasteiger partial charge in [-0.05, 0) is 51.9 Å². The maximum Gasteiger partial charge on any atom is 0.416 e. The number of carbonyl (C=O) groups is 1. The summed E-state index contributed by atoms with van der Waals surface area (Å²) in [6.45, 7) is 0. The first-order valence-electron chi connectivity index (χ1n) is 21.4. The fourth-order valence-corrected chi connectivity index (χ4v) is 9.55. The van der Waals surface area contributed by atoms with Crippen molar-refractivity contribution in [3.8, 4) is 0 Å². The van der Waals surface area contributed by atoms with Crippen molar-refractivity contribution in [2.75, 3.05) is 18.3 Å². The van der Waals surface area contributed by atoms with Gasteiger partial charge in [-0.1, -0.05) is 97.1 Å². The van der Waals surface area contributed by atoms with Crippen LogP contribution in [-0.4, -0.2) is 30.2 Å². The predicted octanol–water partition coefficient (Wildman–Crippen LogP) is 15.1. The minimum Gasteiger partial charge on any atom is -0.289 e. The van der Waals surface area contributed by atoms with Crippen LogP contribution in [0.25, 0.3) is 21.5 Å². The highest BCUT2D eigenvalue weighted by Gasteiger charge is 2.47. The van der Waals surface area contributed by atoms with E-state index in [1.807, 2.05) is 48.5 Å². The molecule has 7 rings (SSSR count). The summed E-state index contributed by atoms with van der Waals surface area (Å²) in [6, 6.07) is 9.02. The number of benzene rings is 7. The summed E-state index contributed by atoms with van der Waals surface area (Å²) >= 11 is 0. The highest BCUT2D eigenvalue weighted by atomic mass is 32.2. The van der Waals surface area contributed by atoms with Crippen LogP contribution in [0.5, 0.6) is 0 Å². The lowest BCUT2D eigenvalue weighted by Crippen LogP contribution is -2.75. The van der Waals surface area contributed by atoms with E-state index in [1.54, 1.807) is 12.5 Å². The van der Waals surface area contributed by atoms with Crippen LogP contribution in [0.15, 0.2) is 127 Å². The molecule has 0 N–H and O–H groups in total. The van der Waals surface area contributed by atoms with Gasteiger partial charge in [0.05, 0.1) is 54.4 Å². The van der Waals surface area contributed by atoms with Gasteiger partial charge in [0, 0.05) is 5.56 Å². The highest BCUT2D eigenvalue weighted by Crippen LogP contribution is 2.42. The van der Waals surface area contributed by atoms with Gasteiger partial charge in [-0.3, -0.25) is 4.79 Å². The van der Waals surface area contributed by atoms with Crippen molar-refractivity contribution in [2.24, 2.45) is 0 Å². The Morgan fingerprint density at radius 1 is 0.346 bits per heavy atom. The van der Waals surface area contributed by atoms with Crippen molar-refractivity contribution >= 4 is 65.3 Å². The summed E-state index contributed by atoms with van der Waals surface area (Å²) in [6.07, 6.45) is -51.5. The number of halogens is 24. The van der Waals surface area contributed by atoms with Gasteiger partial charge in [0.25, 0.3) is 0 Å². The number of Topliss-reactive ketones (excluding diaryl/α,β-unsaturated/α-hetero) is 1. The molecule has 0 saturated carbocycles. The molecule has 0 aliphatic heterocycles. The van der Waals surface area contributed by atoms with Crippen LogP contribution >= 0.6 is 0 Å². The van der Waals surface area contributed by atoms with Gasteiger partial charge in [-0.15, -0.1) is 4.21 Å². The second-order valence-electron chi connectivity index (χ2n) is 17.9. The van der Waals surface area contributed by atoms with E-state index in [2.05, 4.69) is 6.07 Å². The molecule has 7 aromatic rings. The zero-order chi connectivity index (χ0) is 58.9. The van der Waals surface area contributed by atoms with E-state index in [0.29, 0.717) is 5.56 Å². The third kappa shape index (κ3) is 13.2. The van der Waals surface area contributed by atoms with Crippen molar-refractivity contribution in [2.45, 2.75) is 49.4 Å². The number of alkyl halides is 24. The number of hydrogen-bond donors (Lipinski definition) is 0. The van der Waals surface area contributed by atoms with Crippen LogP contribution in [0.4, 0.5) is 105 Å². The van der Waals surface area contributed by atoms with Crippen LogP contribution in [0, 0.1) is 0 Å². The van der Waals surface area contributed by atoms with Gasteiger partial charge in [-0.25, -0.2) is 0 Å². The Kier molecular flexibility index (Phi) is 15.6. The van der Waals surface area contributed by atoms with Crippen LogP contribution in [0.2, 0.25) is 0 Å². The average molecular weight is 1160 g/mol. The van der Waals surface area contributed by atoms with E-state index >= 15 is 0 Å². The number of rotatable bonds is 7. The van der Waals surface area contributed by atoms with Gasteiger partial charge in [0.1, 0.15) is 18.7 Å². The molecule has 0 spiro atoms. The Balaban J connectivity index is 0.000000387. The SMILES string of the molecule is C[S+](C)(=O)CC(=O)c1c2ccccc2cc2ccccc12.FC(F)(F)c1cc([B-](c2cc(C(F)(F)F)cc(C(F)(F)F)c2)(c2cc(C(F)(F)F)cc(C(F)(F)F)c2)c2cc(C(F)(F)F)cc(C(F)(F)F)c2)cc(C(F)(F)F)c1. The Hall–Kier alpha value is -6.74. The fraction of sp³-hybridized carbons (Fsp3) is 0.220. The summed E-state index contributed by atoms with van der Waals surface area (Å²) in [5.74, 6) is 0.0448. The molecule has 2 nitrogen and oxygen atoms in total. The molecule has 0 saturated heterocycles. The van der Waals surface area contributed by atoms with Crippen molar-refractivity contribution in [3.05, 3.63) is 177 Å². The molecule has 0 aliphatic rings. The van der Waals surface area contributed by atoms with Gasteiger partial charge >= 0.3 is 49.4 Å². The number of carbonyl (C=O) groups excluding carboxylic acids is 1. The minimum absolute atomic E-state index is 0.0435. The quantitative estimate of drug-likeness (QED) is 0.0524. The second kappa shape index (κ2) is 20.2. The van der Waals surface area contributed by atoms with Gasteiger partial charge in [0.15, 0.2) is 5.75 Å². The summed E-state index contributed by atoms with van der Waals surface area (Å²) in [5, 5.41) is 3.95. The molecule has 0 fully saturated rings. The Labute approximate surface area is 424 Å². The monoisotopic (exact) mass is 1160 g/mol. The summed E-state index contributed by atoms with van der Waals surface area (Å²) < 4.78 is 353. The first-order chi connectivity index (χ1) is 35.2. The molecule has 0 amide bonds. The van der Waals surface area contributed by atoms with Crippen LogP contribution in [-0.2, 0) is 63.6 Å². The molecule has 0 aliphatic carbocycles. The van der Waals surface area contributed by atoms with Crippen LogP contribution < -0.4 is 21.9 Å². The lowest BCUT2D eigenvalue weighted by atomic mass is 9.12. The van der Waals surface area contributed by atoms with Crippen molar-refractivity contribution in [1.29, 1.82) is 0 Å². The Morgan fingerprint density at radius 2 is 0.551 bits per heavy atom. The summed E-state index contributed by atoms with van der Waals surface area (Å²) in [7, 11) is -2.11. The molecule has 418 valence electrons. The van der Waals surface area contributed by atoms with Gasteiger partial charge in [0.2, 0.25) is 5.78 Å². The molecular formula is C50H29BF24O2S. The molecule has 0 aromatic heterocycles. The summed E-state index contributed by atoms with van der Waals surface area (Å²) in [4.78, 5) is 12.7. The molecule has 0 bridgehead atoms. The van der Waals surface area contributed by atoms with Crippen molar-refractivity contribution in [3.63, 3.8) is 0 Å². The lowest BCUT2D eigenvalue weighted by Gasteiger charge is -2.46. The summed E-state index contributed by atoms with van der Waals surface area (Å²) in [5.41, 5.74) is -29.5. The normalized spacial score (nSPS) is 13.7. The standard InChI is InChI=1S/C32H12BF24.C18H17O2S/c34-25(35,36)13-1-14(26(37,38)39)6-21(5-13)33(22-7-15(27(40,41)42)2-16(8-22)28(43,44)45,23-9-17(29(46,47)48)3-18(10-23)30(49,50)51)24-11-19(31(52,53)54)4-20(12-24)32(55,56)57;1-21(2,20)12-17(19)18-15-9-5-3-7-13(15)11-14-8-4-6-10-16(14)18/h1-12H;3-11H,12H2,1-2H3/q-1;+1. The largest absolute Gasteiger partial charge is 0.416 e. The molecule has 7 aromatic carbocycles. The number of hydrogen-bond acceptors (Lipinski definition) is 2. The molecule has 78 heavy (non-hydrogen) atoms. The maximum absolute atomic E-state index is 14.2. The lowest BCUT2D eigenvalue weighted by molar-refractivity contribution is -0.144.